The average Bonchev–Trinajstić information content (AvgIpc) is 3.10. The molecule has 1 rings (SSSR count). The second-order valence-corrected chi connectivity index (χ2v) is 8.77. The summed E-state index contributed by atoms with van der Waals surface area (Å²) in [5, 5.41) is 11.1. The molecule has 2 N–H and O–H groups in total. The lowest BCUT2D eigenvalue weighted by atomic mass is 10.0. The minimum absolute atomic E-state index is 0.0254. The lowest BCUT2D eigenvalue weighted by Gasteiger charge is -2.35. The van der Waals surface area contributed by atoms with Crippen LogP contribution in [0.2, 0.25) is 0 Å². The molecule has 0 amide bonds. The summed E-state index contributed by atoms with van der Waals surface area (Å²) in [6.45, 7) is 3.89. The highest BCUT2D eigenvalue weighted by molar-refractivity contribution is 5.90. The number of quaternary nitrogens is 1. The summed E-state index contributed by atoms with van der Waals surface area (Å²) in [4.78, 5) is 15.5. The third-order valence-electron chi connectivity index (χ3n) is 6.07. The van der Waals surface area contributed by atoms with Gasteiger partial charge in [-0.05, 0) is 12.8 Å². The number of aliphatic carboxylic acids is 1. The number of nitrogens with zero attached hydrogens (tertiary/aromatic N) is 2. The Morgan fingerprint density at radius 1 is 1.00 bits per heavy atom. The van der Waals surface area contributed by atoms with E-state index >= 15 is 0 Å². The first-order valence-corrected chi connectivity index (χ1v) is 12.3. The van der Waals surface area contributed by atoms with Gasteiger partial charge in [0.25, 0.3) is 0 Å². The Morgan fingerprint density at radius 2 is 1.50 bits per heavy atom. The number of unbranched alkanes of at least 4 members (excludes halogenated alkanes) is 14. The highest BCUT2D eigenvalue weighted by Crippen LogP contribution is 2.20. The molecule has 1 aliphatic rings. The van der Waals surface area contributed by atoms with Crippen molar-refractivity contribution >= 4 is 11.8 Å². The van der Waals surface area contributed by atoms with Gasteiger partial charge in [-0.2, -0.15) is 4.99 Å². The number of aliphatic imine (C=N–C) groups is 1. The molecule has 0 saturated heterocycles. The van der Waals surface area contributed by atoms with Gasteiger partial charge < -0.3 is 9.90 Å². The van der Waals surface area contributed by atoms with Crippen molar-refractivity contribution in [3.63, 3.8) is 0 Å². The summed E-state index contributed by atoms with van der Waals surface area (Å²) in [5.74, 6) is -0.438. The average molecular weight is 420 g/mol. The number of nitrogens with two attached hydrogens (primary N) is 1. The van der Waals surface area contributed by atoms with E-state index in [0.717, 1.165) is 12.8 Å². The molecule has 5 heteroatoms. The number of rotatable bonds is 19. The first kappa shape index (κ1) is 26.6. The van der Waals surface area contributed by atoms with Crippen LogP contribution in [-0.4, -0.2) is 29.0 Å². The Kier molecular flexibility index (Phi) is 14.4. The smallest absolute Gasteiger partial charge is 0.233 e. The third-order valence-corrected chi connectivity index (χ3v) is 6.07. The van der Waals surface area contributed by atoms with Crippen LogP contribution in [0.4, 0.5) is 0 Å². The van der Waals surface area contributed by atoms with Gasteiger partial charge in [0.1, 0.15) is 18.9 Å². The van der Waals surface area contributed by atoms with Gasteiger partial charge in [0.05, 0.1) is 12.2 Å². The Balaban J connectivity index is 2.04. The highest BCUT2D eigenvalue weighted by atomic mass is 16.4. The van der Waals surface area contributed by atoms with Crippen LogP contribution in [0.5, 0.6) is 0 Å². The molecule has 1 heterocycles. The standard InChI is InChI=1S/C25H45N3O2/c1-3-4-5-6-7-8-9-10-11-12-13-14-15-16-17-18-19-24-27-20-21-28(24,23(2)26)22-25(29)30/h18-21,23H,3-17,22,26H2,1-2H3/b19-18+. The summed E-state index contributed by atoms with van der Waals surface area (Å²) < 4.78 is 0.0254. The fourth-order valence-corrected chi connectivity index (χ4v) is 4.08. The van der Waals surface area contributed by atoms with Crippen molar-refractivity contribution in [1.82, 2.24) is 0 Å². The van der Waals surface area contributed by atoms with E-state index in [1.54, 1.807) is 19.3 Å². The van der Waals surface area contributed by atoms with E-state index in [-0.39, 0.29) is 17.2 Å². The van der Waals surface area contributed by atoms with Gasteiger partial charge >= 0.3 is 0 Å². The van der Waals surface area contributed by atoms with E-state index < -0.39 is 5.97 Å². The fourth-order valence-electron chi connectivity index (χ4n) is 4.08. The van der Waals surface area contributed by atoms with Gasteiger partial charge in [-0.25, -0.2) is 4.48 Å². The van der Waals surface area contributed by atoms with Crippen molar-refractivity contribution in [2.75, 3.05) is 6.54 Å². The van der Waals surface area contributed by atoms with Gasteiger partial charge in [-0.3, -0.25) is 5.73 Å². The largest absolute Gasteiger partial charge is 0.544 e. The number of carbonyl (C=O) groups excluding carboxylic acids is 1. The minimum atomic E-state index is -1.12. The van der Waals surface area contributed by atoms with Crippen molar-refractivity contribution in [3.8, 4) is 0 Å². The number of allylic oxidation sites excluding steroid dienone is 1. The Morgan fingerprint density at radius 3 is 1.97 bits per heavy atom. The maximum atomic E-state index is 11.1. The molecule has 0 radical (unpaired) electrons. The van der Waals surface area contributed by atoms with E-state index in [1.807, 2.05) is 6.08 Å². The number of carboxylic acid groups (broad SMARTS) is 1. The quantitative estimate of drug-likeness (QED) is 0.232. The zero-order chi connectivity index (χ0) is 22.1. The number of hydrogen-bond donors (Lipinski definition) is 1. The van der Waals surface area contributed by atoms with Crippen LogP contribution in [0, 0.1) is 0 Å². The Hall–Kier alpha value is -1.46. The van der Waals surface area contributed by atoms with Crippen LogP contribution in [0.15, 0.2) is 29.5 Å². The number of hydrogen-bond acceptors (Lipinski definition) is 4. The van der Waals surface area contributed by atoms with E-state index in [2.05, 4.69) is 18.0 Å². The normalized spacial score (nSPS) is 19.5. The zero-order valence-electron chi connectivity index (χ0n) is 19.5. The molecular weight excluding hydrogens is 374 g/mol. The maximum Gasteiger partial charge on any atom is 0.233 e. The van der Waals surface area contributed by atoms with Gasteiger partial charge in [-0.15, -0.1) is 0 Å². The summed E-state index contributed by atoms with van der Waals surface area (Å²) in [6.07, 6.45) is 27.0. The molecule has 0 bridgehead atoms. The molecule has 0 aromatic carbocycles. The zero-order valence-corrected chi connectivity index (χ0v) is 19.5. The number of amidine groups is 1. The van der Waals surface area contributed by atoms with Crippen LogP contribution >= 0.6 is 0 Å². The summed E-state index contributed by atoms with van der Waals surface area (Å²) in [6, 6.07) is 0. The molecule has 0 aliphatic carbocycles. The Bertz CT molecular complexity index is 555. The van der Waals surface area contributed by atoms with Crippen LogP contribution in [0.3, 0.4) is 0 Å². The second-order valence-electron chi connectivity index (χ2n) is 8.77. The summed E-state index contributed by atoms with van der Waals surface area (Å²) in [5.41, 5.74) is 6.05. The molecule has 172 valence electrons. The summed E-state index contributed by atoms with van der Waals surface area (Å²) in [7, 11) is 0. The Labute approximate surface area is 184 Å². The molecule has 1 aliphatic heterocycles. The molecule has 0 spiro atoms. The van der Waals surface area contributed by atoms with Gasteiger partial charge in [0.15, 0.2) is 0 Å². The van der Waals surface area contributed by atoms with Gasteiger partial charge in [0, 0.05) is 13.0 Å². The molecule has 0 aromatic rings. The SMILES string of the molecule is CCCCCCCCCCCCCCCC/C=C/C1=NC=C[N+]1(CC(=O)[O-])C(C)N. The van der Waals surface area contributed by atoms with Gasteiger partial charge in [-0.1, -0.05) is 96.5 Å². The van der Waals surface area contributed by atoms with Crippen LogP contribution < -0.4 is 10.8 Å². The summed E-state index contributed by atoms with van der Waals surface area (Å²) >= 11 is 0. The van der Waals surface area contributed by atoms with E-state index in [9.17, 15) is 9.90 Å². The monoisotopic (exact) mass is 419 g/mol. The lowest BCUT2D eigenvalue weighted by Crippen LogP contribution is -2.60. The highest BCUT2D eigenvalue weighted by Gasteiger charge is 2.37. The molecule has 0 aromatic heterocycles. The molecule has 30 heavy (non-hydrogen) atoms. The number of carboxylic acids is 1. The first-order valence-electron chi connectivity index (χ1n) is 12.3. The topological polar surface area (TPSA) is 78.5 Å². The van der Waals surface area contributed by atoms with Crippen molar-refractivity contribution < 1.29 is 14.4 Å². The number of carbonyl (C=O) groups is 1. The molecule has 5 nitrogen and oxygen atoms in total. The third kappa shape index (κ3) is 10.5. The van der Waals surface area contributed by atoms with Crippen molar-refractivity contribution in [2.45, 2.75) is 116 Å². The lowest BCUT2D eigenvalue weighted by molar-refractivity contribution is -0.805. The first-order chi connectivity index (χ1) is 14.5. The maximum absolute atomic E-state index is 11.1. The van der Waals surface area contributed by atoms with Gasteiger partial charge in [0.2, 0.25) is 5.84 Å². The van der Waals surface area contributed by atoms with Crippen molar-refractivity contribution in [3.05, 3.63) is 24.6 Å². The predicted molar refractivity (Wildman–Crippen MR) is 124 cm³/mol. The predicted octanol–water partition coefficient (Wildman–Crippen LogP) is 5.17. The molecule has 2 unspecified atom stereocenters. The van der Waals surface area contributed by atoms with Crippen molar-refractivity contribution in [1.29, 1.82) is 0 Å². The van der Waals surface area contributed by atoms with E-state index in [4.69, 9.17) is 5.73 Å². The van der Waals surface area contributed by atoms with Crippen LogP contribution in [-0.2, 0) is 4.79 Å². The molecular formula is C25H45N3O2. The van der Waals surface area contributed by atoms with E-state index in [1.165, 1.54) is 83.5 Å². The fraction of sp³-hybridized carbons (Fsp3) is 0.760. The minimum Gasteiger partial charge on any atom is -0.544 e. The van der Waals surface area contributed by atoms with Crippen molar-refractivity contribution in [2.24, 2.45) is 10.7 Å². The van der Waals surface area contributed by atoms with Crippen LogP contribution in [0.25, 0.3) is 0 Å². The second kappa shape index (κ2) is 16.3. The van der Waals surface area contributed by atoms with E-state index in [0.29, 0.717) is 5.84 Å². The molecule has 0 fully saturated rings. The molecule has 2 atom stereocenters. The van der Waals surface area contributed by atoms with Crippen LogP contribution in [0.1, 0.15) is 110 Å². The molecule has 0 saturated carbocycles.